The highest BCUT2D eigenvalue weighted by atomic mass is 32.2. The SMILES string of the molecule is O=C(C[C@@H](Sc1ccccc1C(=O)O)c1ccc(F)cc1)c1ccccc1. The lowest BCUT2D eigenvalue weighted by atomic mass is 10.0. The van der Waals surface area contributed by atoms with Crippen molar-refractivity contribution in [3.05, 3.63) is 101 Å². The number of carboxylic acids is 1. The number of halogens is 1. The molecule has 0 aliphatic heterocycles. The van der Waals surface area contributed by atoms with Gasteiger partial charge < -0.3 is 5.11 Å². The number of carbonyl (C=O) groups excluding carboxylic acids is 1. The maximum atomic E-state index is 13.3. The Labute approximate surface area is 160 Å². The molecule has 0 unspecified atom stereocenters. The van der Waals surface area contributed by atoms with Crippen molar-refractivity contribution in [3.8, 4) is 0 Å². The summed E-state index contributed by atoms with van der Waals surface area (Å²) in [6.45, 7) is 0. The minimum absolute atomic E-state index is 0.0507. The zero-order valence-corrected chi connectivity index (χ0v) is 15.2. The summed E-state index contributed by atoms with van der Waals surface area (Å²) in [6, 6.07) is 21.6. The summed E-state index contributed by atoms with van der Waals surface area (Å²) in [6.07, 6.45) is 0.175. The number of aromatic carboxylic acids is 1. The van der Waals surface area contributed by atoms with E-state index in [4.69, 9.17) is 0 Å². The van der Waals surface area contributed by atoms with Crippen molar-refractivity contribution in [2.45, 2.75) is 16.6 Å². The van der Waals surface area contributed by atoms with Gasteiger partial charge >= 0.3 is 5.97 Å². The lowest BCUT2D eigenvalue weighted by molar-refractivity contribution is 0.0693. The quantitative estimate of drug-likeness (QED) is 0.426. The predicted octanol–water partition coefficient (Wildman–Crippen LogP) is 5.63. The number of hydrogen-bond acceptors (Lipinski definition) is 3. The zero-order valence-electron chi connectivity index (χ0n) is 14.3. The highest BCUT2D eigenvalue weighted by Gasteiger charge is 2.21. The topological polar surface area (TPSA) is 54.4 Å². The predicted molar refractivity (Wildman–Crippen MR) is 104 cm³/mol. The van der Waals surface area contributed by atoms with Gasteiger partial charge in [-0.3, -0.25) is 4.79 Å². The van der Waals surface area contributed by atoms with Crippen LogP contribution in [0.2, 0.25) is 0 Å². The van der Waals surface area contributed by atoms with Gasteiger partial charge in [-0.1, -0.05) is 54.6 Å². The van der Waals surface area contributed by atoms with Gasteiger partial charge in [0, 0.05) is 22.1 Å². The molecule has 0 saturated heterocycles. The highest BCUT2D eigenvalue weighted by Crippen LogP contribution is 2.40. The summed E-state index contributed by atoms with van der Waals surface area (Å²) in [5.74, 6) is -1.43. The third-order valence-electron chi connectivity index (χ3n) is 4.10. The van der Waals surface area contributed by atoms with E-state index in [0.717, 1.165) is 5.56 Å². The van der Waals surface area contributed by atoms with E-state index in [1.54, 1.807) is 54.6 Å². The molecule has 0 saturated carbocycles. The molecule has 0 heterocycles. The van der Waals surface area contributed by atoms with Gasteiger partial charge in [-0.2, -0.15) is 0 Å². The molecule has 0 aliphatic rings. The molecule has 3 aromatic rings. The van der Waals surface area contributed by atoms with Crippen molar-refractivity contribution in [3.63, 3.8) is 0 Å². The molecule has 0 bridgehead atoms. The van der Waals surface area contributed by atoms with Gasteiger partial charge in [0.2, 0.25) is 0 Å². The van der Waals surface area contributed by atoms with Gasteiger partial charge in [0.25, 0.3) is 0 Å². The fraction of sp³-hybridized carbons (Fsp3) is 0.0909. The van der Waals surface area contributed by atoms with Crippen LogP contribution in [0.1, 0.15) is 38.0 Å². The lowest BCUT2D eigenvalue weighted by Crippen LogP contribution is -2.07. The lowest BCUT2D eigenvalue weighted by Gasteiger charge is -2.18. The Bertz CT molecular complexity index is 939. The van der Waals surface area contributed by atoms with Crippen LogP contribution in [0, 0.1) is 5.82 Å². The number of Topliss-reactive ketones (excluding diaryl/α,β-unsaturated/α-hetero) is 1. The molecule has 3 nitrogen and oxygen atoms in total. The first-order valence-electron chi connectivity index (χ1n) is 8.37. The summed E-state index contributed by atoms with van der Waals surface area (Å²) < 4.78 is 13.3. The average Bonchev–Trinajstić information content (AvgIpc) is 2.69. The average molecular weight is 380 g/mol. The summed E-state index contributed by atoms with van der Waals surface area (Å²) in [7, 11) is 0. The molecule has 136 valence electrons. The van der Waals surface area contributed by atoms with Crippen LogP contribution in [0.5, 0.6) is 0 Å². The van der Waals surface area contributed by atoms with Crippen molar-refractivity contribution < 1.29 is 19.1 Å². The van der Waals surface area contributed by atoms with Crippen LogP contribution in [-0.4, -0.2) is 16.9 Å². The van der Waals surface area contributed by atoms with Crippen molar-refractivity contribution in [2.75, 3.05) is 0 Å². The number of carboxylic acid groups (broad SMARTS) is 1. The largest absolute Gasteiger partial charge is 0.478 e. The molecule has 1 atom stereocenters. The van der Waals surface area contributed by atoms with Crippen LogP contribution in [-0.2, 0) is 0 Å². The fourth-order valence-corrected chi connectivity index (χ4v) is 3.99. The molecule has 1 N–H and O–H groups in total. The molecule has 0 spiro atoms. The molecule has 3 aromatic carbocycles. The van der Waals surface area contributed by atoms with Crippen molar-refractivity contribution in [2.24, 2.45) is 0 Å². The number of ketones is 1. The van der Waals surface area contributed by atoms with Crippen LogP contribution in [0.25, 0.3) is 0 Å². The first-order valence-corrected chi connectivity index (χ1v) is 9.25. The molecule has 0 aromatic heterocycles. The standard InChI is InChI=1S/C22H17FO3S/c23-17-12-10-16(11-13-17)21(14-19(24)15-6-2-1-3-7-15)27-20-9-5-4-8-18(20)22(25)26/h1-13,21H,14H2,(H,25,26)/t21-/m1/s1. The molecule has 3 rings (SSSR count). The molecule has 0 amide bonds. The van der Waals surface area contributed by atoms with Crippen molar-refractivity contribution >= 4 is 23.5 Å². The first-order chi connectivity index (χ1) is 13.0. The van der Waals surface area contributed by atoms with Gasteiger partial charge in [-0.25, -0.2) is 9.18 Å². The summed E-state index contributed by atoms with van der Waals surface area (Å²) >= 11 is 1.30. The number of rotatable bonds is 7. The Kier molecular flexibility index (Phi) is 6.04. The number of hydrogen-bond donors (Lipinski definition) is 1. The van der Waals surface area contributed by atoms with Crippen LogP contribution in [0.4, 0.5) is 4.39 Å². The fourth-order valence-electron chi connectivity index (χ4n) is 2.71. The Morgan fingerprint density at radius 2 is 1.52 bits per heavy atom. The molecule has 5 heteroatoms. The van der Waals surface area contributed by atoms with Crippen LogP contribution >= 0.6 is 11.8 Å². The third-order valence-corrected chi connectivity index (χ3v) is 5.43. The van der Waals surface area contributed by atoms with Gasteiger partial charge in [-0.05, 0) is 29.8 Å². The third kappa shape index (κ3) is 4.83. The minimum atomic E-state index is -1.02. The van der Waals surface area contributed by atoms with Gasteiger partial charge in [0.15, 0.2) is 5.78 Å². The zero-order chi connectivity index (χ0) is 19.2. The Hall–Kier alpha value is -2.92. The van der Waals surface area contributed by atoms with Gasteiger partial charge in [0.05, 0.1) is 5.56 Å². The second-order valence-corrected chi connectivity index (χ2v) is 7.20. The van der Waals surface area contributed by atoms with Crippen LogP contribution in [0.3, 0.4) is 0 Å². The highest BCUT2D eigenvalue weighted by molar-refractivity contribution is 7.99. The maximum absolute atomic E-state index is 13.3. The molecule has 0 fully saturated rings. The number of benzene rings is 3. The van der Waals surface area contributed by atoms with Gasteiger partial charge in [-0.15, -0.1) is 11.8 Å². The Balaban J connectivity index is 1.92. The number of thioether (sulfide) groups is 1. The summed E-state index contributed by atoms with van der Waals surface area (Å²) in [4.78, 5) is 24.8. The van der Waals surface area contributed by atoms with E-state index in [2.05, 4.69) is 0 Å². The Morgan fingerprint density at radius 3 is 2.19 bits per heavy atom. The van der Waals surface area contributed by atoms with E-state index < -0.39 is 5.97 Å². The second-order valence-electron chi connectivity index (χ2n) is 5.95. The van der Waals surface area contributed by atoms with E-state index in [-0.39, 0.29) is 28.8 Å². The van der Waals surface area contributed by atoms with E-state index >= 15 is 0 Å². The van der Waals surface area contributed by atoms with Crippen molar-refractivity contribution in [1.82, 2.24) is 0 Å². The molecular weight excluding hydrogens is 363 g/mol. The second kappa shape index (κ2) is 8.64. The van der Waals surface area contributed by atoms with Crippen LogP contribution < -0.4 is 0 Å². The Morgan fingerprint density at radius 1 is 0.889 bits per heavy atom. The summed E-state index contributed by atoms with van der Waals surface area (Å²) in [5, 5.41) is 9.08. The van der Waals surface area contributed by atoms with E-state index in [9.17, 15) is 19.1 Å². The van der Waals surface area contributed by atoms with Gasteiger partial charge in [0.1, 0.15) is 5.82 Å². The molecule has 0 aliphatic carbocycles. The smallest absolute Gasteiger partial charge is 0.336 e. The van der Waals surface area contributed by atoms with Crippen LogP contribution in [0.15, 0.2) is 83.8 Å². The van der Waals surface area contributed by atoms with E-state index in [1.165, 1.54) is 30.0 Å². The maximum Gasteiger partial charge on any atom is 0.336 e. The first kappa shape index (κ1) is 18.9. The van der Waals surface area contributed by atoms with E-state index in [1.807, 2.05) is 6.07 Å². The number of carbonyl (C=O) groups is 2. The van der Waals surface area contributed by atoms with E-state index in [0.29, 0.717) is 10.5 Å². The normalized spacial score (nSPS) is 11.7. The summed E-state index contributed by atoms with van der Waals surface area (Å²) in [5.41, 5.74) is 1.55. The molecule has 27 heavy (non-hydrogen) atoms. The monoisotopic (exact) mass is 380 g/mol. The minimum Gasteiger partial charge on any atom is -0.478 e. The van der Waals surface area contributed by atoms with Crippen molar-refractivity contribution in [1.29, 1.82) is 0 Å². The molecule has 0 radical (unpaired) electrons. The molecular formula is C22H17FO3S.